The van der Waals surface area contributed by atoms with Gasteiger partial charge in [-0.25, -0.2) is 4.98 Å². The summed E-state index contributed by atoms with van der Waals surface area (Å²) in [5.74, 6) is -0.908. The van der Waals surface area contributed by atoms with Crippen LogP contribution in [0.1, 0.15) is 25.1 Å². The average molecular weight is 456 g/mol. The van der Waals surface area contributed by atoms with Crippen molar-refractivity contribution >= 4 is 34.1 Å². The van der Waals surface area contributed by atoms with E-state index in [-0.39, 0.29) is 29.5 Å². The van der Waals surface area contributed by atoms with Crippen molar-refractivity contribution in [1.29, 1.82) is 5.41 Å². The van der Waals surface area contributed by atoms with Gasteiger partial charge < -0.3 is 15.4 Å². The van der Waals surface area contributed by atoms with Crippen molar-refractivity contribution < 1.29 is 22.7 Å². The van der Waals surface area contributed by atoms with Crippen LogP contribution >= 0.6 is 11.3 Å². The highest BCUT2D eigenvalue weighted by molar-refractivity contribution is 7.15. The number of hydrogen-bond acceptors (Lipinski definition) is 7. The van der Waals surface area contributed by atoms with E-state index in [9.17, 15) is 18.0 Å². The first-order valence-corrected chi connectivity index (χ1v) is 10.4. The topological polar surface area (TPSA) is 103 Å². The lowest BCUT2D eigenvalue weighted by atomic mass is 10.0. The van der Waals surface area contributed by atoms with Gasteiger partial charge in [-0.15, -0.1) is 11.3 Å². The molecule has 0 unspecified atom stereocenters. The molecular weight excluding hydrogens is 433 g/mol. The fraction of sp³-hybridized carbons (Fsp3) is 0.474. The average Bonchev–Trinajstić information content (AvgIpc) is 3.22. The Morgan fingerprint density at radius 2 is 2.23 bits per heavy atom. The summed E-state index contributed by atoms with van der Waals surface area (Å²) in [6.07, 6.45) is -0.741. The van der Waals surface area contributed by atoms with E-state index in [1.54, 1.807) is 6.20 Å². The fourth-order valence-electron chi connectivity index (χ4n) is 3.43. The number of carbonyl (C=O) groups is 1. The highest BCUT2D eigenvalue weighted by Crippen LogP contribution is 2.34. The van der Waals surface area contributed by atoms with Gasteiger partial charge in [0.05, 0.1) is 5.57 Å². The van der Waals surface area contributed by atoms with Crippen molar-refractivity contribution in [1.82, 2.24) is 15.2 Å². The summed E-state index contributed by atoms with van der Waals surface area (Å²) in [4.78, 5) is 22.3. The quantitative estimate of drug-likeness (QED) is 0.632. The van der Waals surface area contributed by atoms with Gasteiger partial charge in [0.15, 0.2) is 11.0 Å². The monoisotopic (exact) mass is 456 g/mol. The minimum atomic E-state index is -4.63. The maximum atomic E-state index is 13.4. The fourth-order valence-corrected chi connectivity index (χ4v) is 4.31. The molecule has 1 aromatic heterocycles. The lowest BCUT2D eigenvalue weighted by Gasteiger charge is -2.22. The van der Waals surface area contributed by atoms with Gasteiger partial charge in [-0.05, 0) is 6.92 Å². The van der Waals surface area contributed by atoms with E-state index >= 15 is 0 Å². The Hall–Kier alpha value is -2.73. The number of nitrogens with one attached hydrogen (secondary N) is 3. The molecule has 1 aromatic rings. The second-order valence-corrected chi connectivity index (χ2v) is 8.38. The van der Waals surface area contributed by atoms with Crippen LogP contribution in [0.5, 0.6) is 0 Å². The molecule has 1 saturated heterocycles. The Bertz CT molecular complexity index is 953. The van der Waals surface area contributed by atoms with Crippen LogP contribution in [0.15, 0.2) is 34.6 Å². The van der Waals surface area contributed by atoms with Gasteiger partial charge >= 0.3 is 6.18 Å². The second-order valence-electron chi connectivity index (χ2n) is 7.27. The Morgan fingerprint density at radius 3 is 2.87 bits per heavy atom. The van der Waals surface area contributed by atoms with Crippen molar-refractivity contribution in [2.75, 3.05) is 18.9 Å². The van der Waals surface area contributed by atoms with Crippen molar-refractivity contribution in [2.45, 2.75) is 45.1 Å². The normalized spacial score (nSPS) is 23.5. The number of thiazole rings is 1. The number of anilines is 1. The van der Waals surface area contributed by atoms with Gasteiger partial charge in [-0.2, -0.15) is 18.2 Å². The number of carbonyl (C=O) groups excluding carboxylic acids is 1. The zero-order valence-corrected chi connectivity index (χ0v) is 18.0. The minimum absolute atomic E-state index is 0.130. The number of ether oxygens (including phenoxy) is 1. The van der Waals surface area contributed by atoms with E-state index in [1.165, 1.54) is 25.3 Å². The Morgan fingerprint density at radius 1 is 1.48 bits per heavy atom. The van der Waals surface area contributed by atoms with Crippen LogP contribution in [-0.2, 0) is 16.1 Å². The predicted octanol–water partition coefficient (Wildman–Crippen LogP) is 3.06. The van der Waals surface area contributed by atoms with Gasteiger partial charge in [-0.3, -0.25) is 15.1 Å². The number of hydrogen-bond donors (Lipinski definition) is 3. The number of aliphatic imine (C=N–C) groups is 1. The maximum Gasteiger partial charge on any atom is 0.417 e. The van der Waals surface area contributed by atoms with E-state index < -0.39 is 17.6 Å². The second kappa shape index (κ2) is 9.18. The van der Waals surface area contributed by atoms with Gasteiger partial charge in [0.2, 0.25) is 11.8 Å². The molecule has 1 fully saturated rings. The molecule has 0 aromatic carbocycles. The zero-order chi connectivity index (χ0) is 22.8. The number of rotatable bonds is 5. The summed E-state index contributed by atoms with van der Waals surface area (Å²) in [6.45, 7) is 4.50. The van der Waals surface area contributed by atoms with E-state index in [1.807, 2.05) is 6.92 Å². The third-order valence-corrected chi connectivity index (χ3v) is 5.68. The molecule has 3 N–H and O–H groups in total. The Balaban J connectivity index is 1.67. The highest BCUT2D eigenvalue weighted by Gasteiger charge is 2.40. The molecule has 0 aliphatic carbocycles. The first-order chi connectivity index (χ1) is 14.6. The molecule has 1 amide bonds. The highest BCUT2D eigenvalue weighted by atomic mass is 32.1. The lowest BCUT2D eigenvalue weighted by molar-refractivity contribution is -0.114. The van der Waals surface area contributed by atoms with Crippen LogP contribution in [-0.4, -0.2) is 59.4 Å². The van der Waals surface area contributed by atoms with Crippen molar-refractivity contribution in [3.63, 3.8) is 0 Å². The van der Waals surface area contributed by atoms with Crippen LogP contribution < -0.4 is 10.6 Å². The van der Waals surface area contributed by atoms with Gasteiger partial charge in [-0.1, -0.05) is 0 Å². The molecule has 0 bridgehead atoms. The molecular formula is C19H23F3N6O2S. The zero-order valence-electron chi connectivity index (χ0n) is 17.2. The molecule has 0 spiro atoms. The van der Waals surface area contributed by atoms with Crippen molar-refractivity contribution in [2.24, 2.45) is 4.99 Å². The number of alkyl halides is 3. The Labute approximate surface area is 181 Å². The van der Waals surface area contributed by atoms with Crippen LogP contribution in [0.25, 0.3) is 0 Å². The summed E-state index contributed by atoms with van der Waals surface area (Å²) < 4.78 is 46.1. The molecule has 3 heterocycles. The predicted molar refractivity (Wildman–Crippen MR) is 112 cm³/mol. The number of halogens is 3. The molecule has 3 rings (SSSR count). The van der Waals surface area contributed by atoms with E-state index in [4.69, 9.17) is 10.1 Å². The molecule has 31 heavy (non-hydrogen) atoms. The summed E-state index contributed by atoms with van der Waals surface area (Å²) >= 11 is 1.37. The number of dihydropyridines is 1. The first-order valence-electron chi connectivity index (χ1n) is 9.54. The van der Waals surface area contributed by atoms with Gasteiger partial charge in [0.1, 0.15) is 6.10 Å². The molecule has 2 aliphatic rings. The summed E-state index contributed by atoms with van der Waals surface area (Å²) in [5.41, 5.74) is -1.29. The van der Waals surface area contributed by atoms with Crippen LogP contribution in [0.3, 0.4) is 0 Å². The summed E-state index contributed by atoms with van der Waals surface area (Å²) in [6, 6.07) is 0.130. The summed E-state index contributed by atoms with van der Waals surface area (Å²) in [7, 11) is 1.46. The third kappa shape index (κ3) is 5.70. The molecule has 8 nitrogen and oxygen atoms in total. The third-order valence-electron chi connectivity index (χ3n) is 4.78. The molecule has 0 radical (unpaired) electrons. The van der Waals surface area contributed by atoms with Gasteiger partial charge in [0.25, 0.3) is 0 Å². The largest absolute Gasteiger partial charge is 0.473 e. The molecule has 0 saturated carbocycles. The molecule has 168 valence electrons. The molecule has 12 heteroatoms. The lowest BCUT2D eigenvalue weighted by Crippen LogP contribution is -2.29. The smallest absolute Gasteiger partial charge is 0.417 e. The van der Waals surface area contributed by atoms with Gasteiger partial charge in [0, 0.05) is 68.4 Å². The number of amidine groups is 1. The van der Waals surface area contributed by atoms with E-state index in [0.29, 0.717) is 24.6 Å². The Kier molecular flexibility index (Phi) is 6.80. The number of aromatic nitrogens is 1. The SMILES string of the molecule is CN/C=C1\C(=N)N=C(O[C@@H]2C[C@H](C)N(Cc3cnc(NC(C)=O)s3)C2)C=C1C(F)(F)F. The van der Waals surface area contributed by atoms with Crippen LogP contribution in [0.4, 0.5) is 18.3 Å². The standard InChI is InChI=1S/C19H23F3N6O2S/c1-10-4-12(8-28(10)9-13-6-25-18(31-13)26-11(2)29)30-16-5-15(19(20,21)22)14(7-24-3)17(23)27-16/h5-7,10,12,23-24H,4,8-9H2,1-3H3,(H,25,26,29)/b14-7-,23-17?/t10-,12+/m0/s1. The number of likely N-dealkylation sites (tertiary alicyclic amines) is 1. The van der Waals surface area contributed by atoms with Crippen LogP contribution in [0, 0.1) is 5.41 Å². The van der Waals surface area contributed by atoms with Crippen molar-refractivity contribution in [3.05, 3.63) is 34.5 Å². The number of amides is 1. The van der Waals surface area contributed by atoms with E-state index in [2.05, 4.69) is 25.5 Å². The first kappa shape index (κ1) is 22.9. The molecule has 2 atom stereocenters. The minimum Gasteiger partial charge on any atom is -0.473 e. The van der Waals surface area contributed by atoms with Crippen LogP contribution in [0.2, 0.25) is 0 Å². The maximum absolute atomic E-state index is 13.4. The molecule has 2 aliphatic heterocycles. The summed E-state index contributed by atoms with van der Waals surface area (Å²) in [5, 5.41) is 13.6. The van der Waals surface area contributed by atoms with E-state index in [0.717, 1.165) is 17.2 Å². The number of nitrogens with zero attached hydrogens (tertiary/aromatic N) is 3. The van der Waals surface area contributed by atoms with Crippen molar-refractivity contribution in [3.8, 4) is 0 Å².